The summed E-state index contributed by atoms with van der Waals surface area (Å²) in [6.45, 7) is 3.68. The van der Waals surface area contributed by atoms with Crippen LogP contribution in [0.4, 0.5) is 0 Å². The van der Waals surface area contributed by atoms with Crippen molar-refractivity contribution < 1.29 is 14.3 Å². The third kappa shape index (κ3) is 5.87. The van der Waals surface area contributed by atoms with Gasteiger partial charge in [0.05, 0.1) is 13.0 Å². The van der Waals surface area contributed by atoms with Crippen molar-refractivity contribution >= 4 is 22.8 Å². The summed E-state index contributed by atoms with van der Waals surface area (Å²) in [4.78, 5) is 22.7. The Morgan fingerprint density at radius 3 is 2.50 bits per heavy atom. The third-order valence-electron chi connectivity index (χ3n) is 2.34. The third-order valence-corrected chi connectivity index (χ3v) is 3.34. The second kappa shape index (κ2) is 7.93. The molecule has 0 fully saturated rings. The van der Waals surface area contributed by atoms with E-state index in [4.69, 9.17) is 4.74 Å². The average Bonchev–Trinajstić information content (AvgIpc) is 2.29. The molecular weight excluding hydrogens is 248 g/mol. The minimum Gasteiger partial charge on any atom is -0.466 e. The van der Waals surface area contributed by atoms with Crippen molar-refractivity contribution in [3.8, 4) is 0 Å². The van der Waals surface area contributed by atoms with E-state index in [1.165, 1.54) is 18.7 Å². The molecule has 0 aliphatic rings. The topological polar surface area (TPSA) is 43.4 Å². The lowest BCUT2D eigenvalue weighted by Crippen LogP contribution is -2.17. The number of rotatable bonds is 6. The zero-order chi connectivity index (χ0) is 13.4. The van der Waals surface area contributed by atoms with Gasteiger partial charge in [0, 0.05) is 12.2 Å². The van der Waals surface area contributed by atoms with E-state index in [2.05, 4.69) is 0 Å². The summed E-state index contributed by atoms with van der Waals surface area (Å²) in [5, 5.41) is -0.0239. The fourth-order valence-corrected chi connectivity index (χ4v) is 2.64. The van der Waals surface area contributed by atoms with Gasteiger partial charge in [-0.1, -0.05) is 42.1 Å². The maximum absolute atomic E-state index is 11.5. The highest BCUT2D eigenvalue weighted by Crippen LogP contribution is 2.21. The van der Waals surface area contributed by atoms with Crippen LogP contribution in [0.15, 0.2) is 30.3 Å². The van der Waals surface area contributed by atoms with Gasteiger partial charge in [0.25, 0.3) is 0 Å². The van der Waals surface area contributed by atoms with Gasteiger partial charge in [-0.15, -0.1) is 0 Å². The first-order valence-electron chi connectivity index (χ1n) is 5.98. The fourth-order valence-electron chi connectivity index (χ4n) is 1.67. The summed E-state index contributed by atoms with van der Waals surface area (Å²) < 4.78 is 4.93. The zero-order valence-corrected chi connectivity index (χ0v) is 11.5. The van der Waals surface area contributed by atoms with Crippen LogP contribution in [0.3, 0.4) is 0 Å². The lowest BCUT2D eigenvalue weighted by Gasteiger charge is -2.14. The Labute approximate surface area is 112 Å². The van der Waals surface area contributed by atoms with Crippen LogP contribution in [0.1, 0.15) is 25.8 Å². The van der Waals surface area contributed by atoms with E-state index in [0.717, 1.165) is 5.56 Å². The number of benzene rings is 1. The quantitative estimate of drug-likeness (QED) is 0.743. The molecule has 4 heteroatoms. The summed E-state index contributed by atoms with van der Waals surface area (Å²) in [7, 11) is 0. The molecule has 0 aliphatic carbocycles. The minimum absolute atomic E-state index is 0.0280. The molecule has 1 rings (SSSR count). The van der Waals surface area contributed by atoms with Crippen molar-refractivity contribution in [3.05, 3.63) is 35.9 Å². The Balaban J connectivity index is 2.60. The van der Waals surface area contributed by atoms with Crippen LogP contribution in [0.5, 0.6) is 0 Å². The molecule has 1 atom stereocenters. The molecule has 0 aliphatic heterocycles. The molecule has 0 amide bonds. The van der Waals surface area contributed by atoms with Crippen molar-refractivity contribution in [3.63, 3.8) is 0 Å². The lowest BCUT2D eigenvalue weighted by atomic mass is 10.1. The van der Waals surface area contributed by atoms with Crippen LogP contribution in [0.25, 0.3) is 0 Å². The SMILES string of the molecule is CCOC(=O)C[C@@H](Cc1ccccc1)SC(C)=O. The summed E-state index contributed by atoms with van der Waals surface area (Å²) in [5.41, 5.74) is 1.13. The van der Waals surface area contributed by atoms with E-state index in [9.17, 15) is 9.59 Å². The van der Waals surface area contributed by atoms with Crippen LogP contribution in [-0.4, -0.2) is 22.9 Å². The molecule has 0 spiro atoms. The zero-order valence-electron chi connectivity index (χ0n) is 10.7. The smallest absolute Gasteiger partial charge is 0.306 e. The number of ether oxygens (including phenoxy) is 1. The number of carbonyl (C=O) groups excluding carboxylic acids is 2. The maximum Gasteiger partial charge on any atom is 0.306 e. The molecule has 0 saturated heterocycles. The number of esters is 1. The molecule has 18 heavy (non-hydrogen) atoms. The van der Waals surface area contributed by atoms with E-state index in [1.54, 1.807) is 6.92 Å². The monoisotopic (exact) mass is 266 g/mol. The number of hydrogen-bond donors (Lipinski definition) is 0. The molecule has 3 nitrogen and oxygen atoms in total. The first-order chi connectivity index (χ1) is 8.61. The van der Waals surface area contributed by atoms with Crippen molar-refractivity contribution in [2.45, 2.75) is 31.9 Å². The lowest BCUT2D eigenvalue weighted by molar-refractivity contribution is -0.143. The molecule has 0 unspecified atom stereocenters. The first kappa shape index (κ1) is 14.8. The fraction of sp³-hybridized carbons (Fsp3) is 0.429. The molecule has 98 valence electrons. The van der Waals surface area contributed by atoms with Gasteiger partial charge < -0.3 is 4.74 Å². The Bertz CT molecular complexity index is 389. The minimum atomic E-state index is -0.243. The number of thioether (sulfide) groups is 1. The second-order valence-corrected chi connectivity index (χ2v) is 5.41. The van der Waals surface area contributed by atoms with Crippen molar-refractivity contribution in [2.75, 3.05) is 6.61 Å². The molecular formula is C14H18O3S. The largest absolute Gasteiger partial charge is 0.466 e. The van der Waals surface area contributed by atoms with E-state index in [-0.39, 0.29) is 22.8 Å². The normalized spacial score (nSPS) is 11.9. The molecule has 0 radical (unpaired) electrons. The Hall–Kier alpha value is -1.29. The van der Waals surface area contributed by atoms with Crippen LogP contribution < -0.4 is 0 Å². The highest BCUT2D eigenvalue weighted by atomic mass is 32.2. The molecule has 1 aromatic rings. The van der Waals surface area contributed by atoms with Gasteiger partial charge in [0.1, 0.15) is 0 Å². The van der Waals surface area contributed by atoms with Gasteiger partial charge in [0.2, 0.25) is 0 Å². The molecule has 0 heterocycles. The predicted octanol–water partition coefficient (Wildman–Crippen LogP) is 2.83. The van der Waals surface area contributed by atoms with Gasteiger partial charge in [-0.05, 0) is 18.9 Å². The van der Waals surface area contributed by atoms with Crippen LogP contribution in [0, 0.1) is 0 Å². The van der Waals surface area contributed by atoms with Crippen LogP contribution in [0.2, 0.25) is 0 Å². The van der Waals surface area contributed by atoms with Crippen molar-refractivity contribution in [1.29, 1.82) is 0 Å². The summed E-state index contributed by atoms with van der Waals surface area (Å²) in [6, 6.07) is 9.85. The highest BCUT2D eigenvalue weighted by Gasteiger charge is 2.17. The molecule has 0 N–H and O–H groups in total. The number of carbonyl (C=O) groups is 2. The van der Waals surface area contributed by atoms with Gasteiger partial charge in [-0.25, -0.2) is 0 Å². The Kier molecular flexibility index (Phi) is 6.50. The van der Waals surface area contributed by atoms with Gasteiger partial charge in [-0.3, -0.25) is 9.59 Å². The van der Waals surface area contributed by atoms with Gasteiger partial charge in [0.15, 0.2) is 5.12 Å². The Morgan fingerprint density at radius 2 is 1.94 bits per heavy atom. The predicted molar refractivity (Wildman–Crippen MR) is 73.5 cm³/mol. The highest BCUT2D eigenvalue weighted by molar-refractivity contribution is 8.14. The summed E-state index contributed by atoms with van der Waals surface area (Å²) >= 11 is 1.21. The summed E-state index contributed by atoms with van der Waals surface area (Å²) in [5.74, 6) is -0.243. The number of hydrogen-bond acceptors (Lipinski definition) is 4. The van der Waals surface area contributed by atoms with Crippen LogP contribution in [-0.2, 0) is 20.7 Å². The van der Waals surface area contributed by atoms with E-state index >= 15 is 0 Å². The van der Waals surface area contributed by atoms with E-state index < -0.39 is 0 Å². The second-order valence-electron chi connectivity index (χ2n) is 3.93. The summed E-state index contributed by atoms with van der Waals surface area (Å²) in [6.07, 6.45) is 0.969. The Morgan fingerprint density at radius 1 is 1.28 bits per heavy atom. The van der Waals surface area contributed by atoms with Crippen molar-refractivity contribution in [2.24, 2.45) is 0 Å². The molecule has 1 aromatic carbocycles. The van der Waals surface area contributed by atoms with Crippen molar-refractivity contribution in [1.82, 2.24) is 0 Å². The average molecular weight is 266 g/mol. The standard InChI is InChI=1S/C14H18O3S/c1-3-17-14(16)10-13(18-11(2)15)9-12-7-5-4-6-8-12/h4-8,13H,3,9-10H2,1-2H3/t13-/m1/s1. The van der Waals surface area contributed by atoms with E-state index in [0.29, 0.717) is 13.0 Å². The first-order valence-corrected chi connectivity index (χ1v) is 6.86. The molecule has 0 saturated carbocycles. The van der Waals surface area contributed by atoms with Crippen LogP contribution >= 0.6 is 11.8 Å². The molecule has 0 bridgehead atoms. The van der Waals surface area contributed by atoms with E-state index in [1.807, 2.05) is 30.3 Å². The maximum atomic E-state index is 11.5. The molecule has 0 aromatic heterocycles. The van der Waals surface area contributed by atoms with Gasteiger partial charge in [-0.2, -0.15) is 0 Å². The van der Waals surface area contributed by atoms with Gasteiger partial charge >= 0.3 is 5.97 Å².